The van der Waals surface area contributed by atoms with Gasteiger partial charge >= 0.3 is 0 Å². The van der Waals surface area contributed by atoms with Crippen LogP contribution in [0.3, 0.4) is 0 Å². The van der Waals surface area contributed by atoms with E-state index in [4.69, 9.17) is 5.11 Å². The summed E-state index contributed by atoms with van der Waals surface area (Å²) in [4.78, 5) is 0. The second-order valence-electron chi connectivity index (χ2n) is 6.76. The number of unbranched alkanes of at least 4 members (excludes halogenated alkanes) is 1. The van der Waals surface area contributed by atoms with E-state index in [0.29, 0.717) is 6.61 Å². The van der Waals surface area contributed by atoms with Crippen molar-refractivity contribution < 1.29 is 5.11 Å². The van der Waals surface area contributed by atoms with E-state index in [0.717, 1.165) is 6.42 Å². The summed E-state index contributed by atoms with van der Waals surface area (Å²) < 4.78 is 0. The van der Waals surface area contributed by atoms with Crippen LogP contribution in [-0.2, 0) is 0 Å². The van der Waals surface area contributed by atoms with Crippen LogP contribution in [0.2, 0.25) is 50.9 Å². The van der Waals surface area contributed by atoms with Gasteiger partial charge in [-0.3, -0.25) is 0 Å². The van der Waals surface area contributed by atoms with Crippen molar-refractivity contribution in [3.63, 3.8) is 0 Å². The van der Waals surface area contributed by atoms with Crippen molar-refractivity contribution in [2.24, 2.45) is 0 Å². The van der Waals surface area contributed by atoms with Crippen molar-refractivity contribution in [1.29, 1.82) is 0 Å². The Labute approximate surface area is 98.3 Å². The minimum absolute atomic E-state index is 0.374. The van der Waals surface area contributed by atoms with Crippen LogP contribution in [0.25, 0.3) is 0 Å². The Kier molecular flexibility index (Phi) is 7.05. The van der Waals surface area contributed by atoms with E-state index in [2.05, 4.69) is 32.7 Å². The van der Waals surface area contributed by atoms with Crippen LogP contribution in [0.15, 0.2) is 0 Å². The van der Waals surface area contributed by atoms with Gasteiger partial charge in [-0.25, -0.2) is 0 Å². The van der Waals surface area contributed by atoms with E-state index in [-0.39, 0.29) is 0 Å². The summed E-state index contributed by atoms with van der Waals surface area (Å²) >= 11 is 0. The molecule has 1 nitrogen and oxygen atoms in total. The van der Waals surface area contributed by atoms with Crippen molar-refractivity contribution in [3.8, 4) is 0 Å². The predicted molar refractivity (Wildman–Crippen MR) is 76.2 cm³/mol. The molecule has 0 bridgehead atoms. The van der Waals surface area contributed by atoms with Crippen molar-refractivity contribution in [2.75, 3.05) is 6.61 Å². The highest BCUT2D eigenvalue weighted by Gasteiger charge is 2.21. The van der Waals surface area contributed by atoms with E-state index < -0.39 is 16.1 Å². The quantitative estimate of drug-likeness (QED) is 0.503. The Bertz CT molecular complexity index is 161. The van der Waals surface area contributed by atoms with Crippen LogP contribution in [0.5, 0.6) is 0 Å². The van der Waals surface area contributed by atoms with E-state index in [1.54, 1.807) is 0 Å². The lowest BCUT2D eigenvalue weighted by molar-refractivity contribution is 0.287. The summed E-state index contributed by atoms with van der Waals surface area (Å²) in [7, 11) is -1.74. The highest BCUT2D eigenvalue weighted by atomic mass is 28.3. The molecule has 0 saturated carbocycles. The first kappa shape index (κ1) is 15.4. The molecule has 0 radical (unpaired) electrons. The van der Waals surface area contributed by atoms with Gasteiger partial charge in [0, 0.05) is 22.8 Å². The van der Waals surface area contributed by atoms with Crippen molar-refractivity contribution >= 4 is 16.1 Å². The molecule has 0 aliphatic rings. The minimum atomic E-state index is -0.929. The second kappa shape index (κ2) is 6.87. The minimum Gasteiger partial charge on any atom is -0.396 e. The fourth-order valence-corrected chi connectivity index (χ4v) is 6.12. The zero-order chi connectivity index (χ0) is 11.9. The Morgan fingerprint density at radius 2 is 1.27 bits per heavy atom. The molecule has 0 atom stereocenters. The van der Waals surface area contributed by atoms with Gasteiger partial charge in [0.05, 0.1) is 0 Å². The number of hydrogen-bond acceptors (Lipinski definition) is 1. The summed E-state index contributed by atoms with van der Waals surface area (Å²) in [6.07, 6.45) is 3.70. The summed E-state index contributed by atoms with van der Waals surface area (Å²) in [6.45, 7) is 12.8. The molecule has 0 spiro atoms. The van der Waals surface area contributed by atoms with Gasteiger partial charge < -0.3 is 5.11 Å². The van der Waals surface area contributed by atoms with Crippen LogP contribution in [0.1, 0.15) is 19.3 Å². The maximum atomic E-state index is 8.77. The lowest BCUT2D eigenvalue weighted by Crippen LogP contribution is -2.26. The third-order valence-electron chi connectivity index (χ3n) is 3.04. The summed E-state index contributed by atoms with van der Waals surface area (Å²) in [6, 6.07) is 4.38. The van der Waals surface area contributed by atoms with Gasteiger partial charge in [-0.15, -0.1) is 0 Å². The number of aliphatic hydroxyl groups excluding tert-OH is 1. The van der Waals surface area contributed by atoms with Gasteiger partial charge in [0.2, 0.25) is 0 Å². The van der Waals surface area contributed by atoms with Gasteiger partial charge in [0.15, 0.2) is 0 Å². The van der Waals surface area contributed by atoms with E-state index in [1.165, 1.54) is 31.0 Å². The lowest BCUT2D eigenvalue weighted by atomic mass is 10.4. The van der Waals surface area contributed by atoms with Gasteiger partial charge in [-0.05, 0) is 6.42 Å². The highest BCUT2D eigenvalue weighted by Crippen LogP contribution is 2.23. The first-order chi connectivity index (χ1) is 6.77. The van der Waals surface area contributed by atoms with Crippen molar-refractivity contribution in [1.82, 2.24) is 0 Å². The fourth-order valence-electron chi connectivity index (χ4n) is 1.94. The molecule has 0 aromatic heterocycles. The van der Waals surface area contributed by atoms with Crippen molar-refractivity contribution in [2.45, 2.75) is 70.1 Å². The van der Waals surface area contributed by atoms with E-state index >= 15 is 0 Å². The first-order valence-electron chi connectivity index (χ1n) is 6.38. The Morgan fingerprint density at radius 3 is 1.73 bits per heavy atom. The maximum Gasteiger partial charge on any atom is 0.0473 e. The van der Waals surface area contributed by atoms with Crippen LogP contribution in [0.4, 0.5) is 0 Å². The third-order valence-corrected chi connectivity index (χ3v) is 8.31. The zero-order valence-electron chi connectivity index (χ0n) is 11.4. The summed E-state index contributed by atoms with van der Waals surface area (Å²) in [5.41, 5.74) is 0. The SMILES string of the molecule is C[Si](C)(C)CCC[Si](C)(C)CCCCO. The molecule has 0 aromatic carbocycles. The Morgan fingerprint density at radius 1 is 0.733 bits per heavy atom. The molecule has 1 N–H and O–H groups in total. The van der Waals surface area contributed by atoms with Crippen LogP contribution >= 0.6 is 0 Å². The van der Waals surface area contributed by atoms with Crippen molar-refractivity contribution in [3.05, 3.63) is 0 Å². The molecular weight excluding hydrogens is 216 g/mol. The van der Waals surface area contributed by atoms with Gasteiger partial charge in [0.1, 0.15) is 0 Å². The number of rotatable bonds is 8. The first-order valence-corrected chi connectivity index (χ1v) is 13.5. The lowest BCUT2D eigenvalue weighted by Gasteiger charge is -2.24. The average Bonchev–Trinajstić information content (AvgIpc) is 2.01. The molecule has 0 unspecified atom stereocenters. The van der Waals surface area contributed by atoms with Gasteiger partial charge in [-0.1, -0.05) is 63.7 Å². The number of hydrogen-bond donors (Lipinski definition) is 1. The zero-order valence-corrected chi connectivity index (χ0v) is 13.4. The summed E-state index contributed by atoms with van der Waals surface area (Å²) in [5.74, 6) is 0. The largest absolute Gasteiger partial charge is 0.396 e. The molecule has 0 aromatic rings. The molecule has 0 fully saturated rings. The summed E-state index contributed by atoms with van der Waals surface area (Å²) in [5, 5.41) is 8.77. The highest BCUT2D eigenvalue weighted by molar-refractivity contribution is 6.78. The normalized spacial score (nSPS) is 13.2. The smallest absolute Gasteiger partial charge is 0.0473 e. The van der Waals surface area contributed by atoms with Crippen LogP contribution in [-0.4, -0.2) is 27.9 Å². The van der Waals surface area contributed by atoms with Crippen LogP contribution in [0, 0.1) is 0 Å². The monoisotopic (exact) mass is 246 g/mol. The predicted octanol–water partition coefficient (Wildman–Crippen LogP) is 4.20. The van der Waals surface area contributed by atoms with Crippen LogP contribution < -0.4 is 0 Å². The number of aliphatic hydroxyl groups is 1. The molecule has 0 saturated heterocycles. The Hall–Kier alpha value is 0.394. The molecule has 0 rings (SSSR count). The molecule has 0 amide bonds. The molecule has 92 valence electrons. The molecular formula is C12H30OSi2. The van der Waals surface area contributed by atoms with Gasteiger partial charge in [0.25, 0.3) is 0 Å². The fraction of sp³-hybridized carbons (Fsp3) is 1.00. The maximum absolute atomic E-state index is 8.77. The van der Waals surface area contributed by atoms with E-state index in [9.17, 15) is 0 Å². The average molecular weight is 247 g/mol. The molecule has 3 heteroatoms. The van der Waals surface area contributed by atoms with Gasteiger partial charge in [-0.2, -0.15) is 0 Å². The molecule has 0 aliphatic carbocycles. The molecule has 15 heavy (non-hydrogen) atoms. The van der Waals surface area contributed by atoms with E-state index in [1.807, 2.05) is 0 Å². The molecule has 0 heterocycles. The topological polar surface area (TPSA) is 20.2 Å². The molecule has 0 aliphatic heterocycles. The third kappa shape index (κ3) is 10.7. The standard InChI is InChI=1S/C12H30OSi2/c1-14(2,3)10-8-12-15(4,5)11-7-6-9-13/h13H,6-12H2,1-5H3. The second-order valence-corrected chi connectivity index (χ2v) is 17.7. The Balaban J connectivity index is 3.64.